The van der Waals surface area contributed by atoms with Crippen LogP contribution in [-0.2, 0) is 9.59 Å². The van der Waals surface area contributed by atoms with Crippen LogP contribution in [0.3, 0.4) is 0 Å². The molecule has 2 amide bonds. The predicted octanol–water partition coefficient (Wildman–Crippen LogP) is 1.44. The van der Waals surface area contributed by atoms with Crippen molar-refractivity contribution >= 4 is 17.5 Å². The van der Waals surface area contributed by atoms with Crippen LogP contribution in [0.5, 0.6) is 0 Å². The number of carbonyl (C=O) groups is 2. The highest BCUT2D eigenvalue weighted by molar-refractivity contribution is 5.93. The third-order valence-corrected chi connectivity index (χ3v) is 5.57. The van der Waals surface area contributed by atoms with E-state index < -0.39 is 5.54 Å². The van der Waals surface area contributed by atoms with Crippen molar-refractivity contribution < 1.29 is 14.5 Å². The van der Waals surface area contributed by atoms with Crippen molar-refractivity contribution in [3.05, 3.63) is 29.3 Å². The number of nitrogens with one attached hydrogen (secondary N) is 2. The first kappa shape index (κ1) is 20.9. The molecule has 6 nitrogen and oxygen atoms in total. The normalized spacial score (nSPS) is 16.9. The molecule has 0 radical (unpaired) electrons. The van der Waals surface area contributed by atoms with Gasteiger partial charge in [0, 0.05) is 12.7 Å². The summed E-state index contributed by atoms with van der Waals surface area (Å²) in [6.07, 6.45) is 4.54. The van der Waals surface area contributed by atoms with Gasteiger partial charge in [-0.15, -0.1) is 0 Å². The third kappa shape index (κ3) is 5.08. The number of rotatable bonds is 6. The maximum Gasteiger partial charge on any atom is 0.279 e. The van der Waals surface area contributed by atoms with E-state index >= 15 is 0 Å². The second kappa shape index (κ2) is 9.01. The monoisotopic (exact) mass is 371 g/mol. The number of aryl methyl sites for hydroxylation is 2. The molecular weight excluding hydrogens is 340 g/mol. The summed E-state index contributed by atoms with van der Waals surface area (Å²) in [4.78, 5) is 27.5. The lowest BCUT2D eigenvalue weighted by Crippen LogP contribution is -3.11. The van der Waals surface area contributed by atoms with Crippen molar-refractivity contribution in [1.82, 2.24) is 4.90 Å². The van der Waals surface area contributed by atoms with E-state index in [4.69, 9.17) is 0 Å². The first-order valence-electron chi connectivity index (χ1n) is 9.64. The van der Waals surface area contributed by atoms with Gasteiger partial charge in [-0.3, -0.25) is 9.59 Å². The first-order chi connectivity index (χ1) is 12.8. The van der Waals surface area contributed by atoms with Crippen molar-refractivity contribution in [2.45, 2.75) is 51.5 Å². The van der Waals surface area contributed by atoms with Crippen LogP contribution in [0.2, 0.25) is 0 Å². The lowest BCUT2D eigenvalue weighted by atomic mass is 9.81. The minimum atomic E-state index is -0.684. The quantitative estimate of drug-likeness (QED) is 0.794. The Morgan fingerprint density at radius 2 is 1.78 bits per heavy atom. The van der Waals surface area contributed by atoms with Crippen LogP contribution in [0.1, 0.15) is 43.2 Å². The van der Waals surface area contributed by atoms with Crippen LogP contribution in [0.15, 0.2) is 18.2 Å². The van der Waals surface area contributed by atoms with Crippen LogP contribution in [0.25, 0.3) is 0 Å². The number of carbonyl (C=O) groups excluding carboxylic acids is 2. The van der Waals surface area contributed by atoms with Gasteiger partial charge in [0.05, 0.1) is 13.1 Å². The van der Waals surface area contributed by atoms with E-state index in [0.29, 0.717) is 0 Å². The molecule has 146 valence electrons. The number of likely N-dealkylation sites (N-methyl/N-ethyl adjacent to an activating group) is 2. The molecular formula is C21H31N4O2+. The summed E-state index contributed by atoms with van der Waals surface area (Å²) < 4.78 is 0. The summed E-state index contributed by atoms with van der Waals surface area (Å²) in [6, 6.07) is 8.26. The van der Waals surface area contributed by atoms with Crippen molar-refractivity contribution in [1.29, 1.82) is 5.26 Å². The van der Waals surface area contributed by atoms with Gasteiger partial charge < -0.3 is 15.1 Å². The third-order valence-electron chi connectivity index (χ3n) is 5.57. The Morgan fingerprint density at radius 1 is 1.19 bits per heavy atom. The molecule has 27 heavy (non-hydrogen) atoms. The van der Waals surface area contributed by atoms with Gasteiger partial charge in [-0.25, -0.2) is 0 Å². The molecule has 6 heteroatoms. The topological polar surface area (TPSA) is 77.6 Å². The van der Waals surface area contributed by atoms with Gasteiger partial charge in [0.2, 0.25) is 0 Å². The minimum absolute atomic E-state index is 0.0872. The van der Waals surface area contributed by atoms with E-state index in [9.17, 15) is 14.9 Å². The average molecular weight is 372 g/mol. The zero-order valence-corrected chi connectivity index (χ0v) is 16.9. The highest BCUT2D eigenvalue weighted by atomic mass is 16.2. The summed E-state index contributed by atoms with van der Waals surface area (Å²) in [6.45, 7) is 4.32. The zero-order chi connectivity index (χ0) is 20.0. The van der Waals surface area contributed by atoms with E-state index in [2.05, 4.69) is 11.4 Å². The molecule has 2 rings (SSSR count). The fraction of sp³-hybridized carbons (Fsp3) is 0.571. The largest absolute Gasteiger partial charge is 0.322 e. The highest BCUT2D eigenvalue weighted by Gasteiger charge is 2.39. The number of para-hydroxylation sites is 1. The Balaban J connectivity index is 1.92. The maximum absolute atomic E-state index is 12.7. The van der Waals surface area contributed by atoms with Gasteiger partial charge in [-0.2, -0.15) is 5.26 Å². The minimum Gasteiger partial charge on any atom is -0.322 e. The number of benzene rings is 1. The Bertz CT molecular complexity index is 712. The smallest absolute Gasteiger partial charge is 0.279 e. The van der Waals surface area contributed by atoms with Crippen LogP contribution in [0, 0.1) is 25.2 Å². The Kier molecular flexibility index (Phi) is 6.98. The molecule has 1 unspecified atom stereocenters. The van der Waals surface area contributed by atoms with Crippen LogP contribution in [-0.4, -0.2) is 49.4 Å². The number of nitriles is 1. The Hall–Kier alpha value is -2.39. The molecule has 0 bridgehead atoms. The van der Waals surface area contributed by atoms with Crippen molar-refractivity contribution in [2.24, 2.45) is 0 Å². The van der Waals surface area contributed by atoms with E-state index in [-0.39, 0.29) is 24.9 Å². The van der Waals surface area contributed by atoms with E-state index in [0.717, 1.165) is 53.8 Å². The fourth-order valence-corrected chi connectivity index (χ4v) is 3.81. The molecule has 1 aliphatic carbocycles. The molecule has 1 saturated carbocycles. The molecule has 0 aliphatic heterocycles. The summed E-state index contributed by atoms with van der Waals surface area (Å²) in [5.41, 5.74) is 2.19. The highest BCUT2D eigenvalue weighted by Crippen LogP contribution is 2.32. The average Bonchev–Trinajstić information content (AvgIpc) is 2.64. The molecule has 2 N–H and O–H groups in total. The standard InChI is InChI=1S/C21H30N4O2/c1-16-9-8-10-17(2)20(16)23-18(26)13-24(3)14-19(27)25(4)21(15-22)11-6-5-7-12-21/h8-10H,5-7,11-14H2,1-4H3,(H,23,26)/p+1. The van der Waals surface area contributed by atoms with Gasteiger partial charge in [-0.1, -0.05) is 37.5 Å². The first-order valence-corrected chi connectivity index (χ1v) is 9.64. The Morgan fingerprint density at radius 3 is 2.33 bits per heavy atom. The fourth-order valence-electron chi connectivity index (χ4n) is 3.81. The zero-order valence-electron chi connectivity index (χ0n) is 16.9. The number of anilines is 1. The van der Waals surface area contributed by atoms with E-state index in [1.807, 2.05) is 39.1 Å². The van der Waals surface area contributed by atoms with Crippen molar-refractivity contribution in [3.8, 4) is 6.07 Å². The van der Waals surface area contributed by atoms with Crippen molar-refractivity contribution in [2.75, 3.05) is 32.5 Å². The lowest BCUT2D eigenvalue weighted by molar-refractivity contribution is -0.862. The van der Waals surface area contributed by atoms with Crippen LogP contribution in [0.4, 0.5) is 5.69 Å². The molecule has 0 aromatic heterocycles. The molecule has 1 aromatic carbocycles. The summed E-state index contributed by atoms with van der Waals surface area (Å²) in [7, 11) is 3.55. The van der Waals surface area contributed by atoms with Crippen molar-refractivity contribution in [3.63, 3.8) is 0 Å². The van der Waals surface area contributed by atoms with Gasteiger partial charge in [0.15, 0.2) is 13.1 Å². The second-order valence-corrected chi connectivity index (χ2v) is 7.78. The van der Waals surface area contributed by atoms with Crippen LogP contribution >= 0.6 is 0 Å². The van der Waals surface area contributed by atoms with Gasteiger partial charge in [0.25, 0.3) is 11.8 Å². The number of amides is 2. The number of quaternary nitrogens is 1. The molecule has 1 aliphatic rings. The molecule has 1 atom stereocenters. The van der Waals surface area contributed by atoms with Gasteiger partial charge in [-0.05, 0) is 37.8 Å². The Labute approximate surface area is 162 Å². The van der Waals surface area contributed by atoms with Crippen LogP contribution < -0.4 is 10.2 Å². The van der Waals surface area contributed by atoms with Gasteiger partial charge in [0.1, 0.15) is 5.54 Å². The second-order valence-electron chi connectivity index (χ2n) is 7.78. The summed E-state index contributed by atoms with van der Waals surface area (Å²) >= 11 is 0. The van der Waals surface area contributed by atoms with E-state index in [1.165, 1.54) is 0 Å². The van der Waals surface area contributed by atoms with E-state index in [1.54, 1.807) is 11.9 Å². The molecule has 0 saturated heterocycles. The summed E-state index contributed by atoms with van der Waals surface area (Å²) in [5.74, 6) is -0.205. The SMILES string of the molecule is Cc1cccc(C)c1NC(=O)C[NH+](C)CC(=O)N(C)C1(C#N)CCCCC1. The number of nitrogens with zero attached hydrogens (tertiary/aromatic N) is 2. The lowest BCUT2D eigenvalue weighted by Gasteiger charge is -2.39. The molecule has 1 aromatic rings. The predicted molar refractivity (Wildman–Crippen MR) is 105 cm³/mol. The summed E-state index contributed by atoms with van der Waals surface area (Å²) in [5, 5.41) is 12.6. The number of hydrogen-bond acceptors (Lipinski definition) is 3. The number of hydrogen-bond donors (Lipinski definition) is 2. The molecule has 0 spiro atoms. The van der Waals surface area contributed by atoms with Gasteiger partial charge >= 0.3 is 0 Å². The molecule has 0 heterocycles. The molecule has 1 fully saturated rings. The maximum atomic E-state index is 12.7.